The van der Waals surface area contributed by atoms with Crippen LogP contribution < -0.4 is 0 Å². The SMILES string of the molecule is CC.CC.CC.[B]C1(C)CCCC(N(C)C(C)=O)=C(C)C1. The molecule has 0 aromatic rings. The first kappa shape index (κ1) is 25.2. The highest BCUT2D eigenvalue weighted by atomic mass is 16.2. The fourth-order valence-electron chi connectivity index (χ4n) is 2.31. The van der Waals surface area contributed by atoms with Crippen LogP contribution in [0.5, 0.6) is 0 Å². The third-order valence-electron chi connectivity index (χ3n) is 3.20. The summed E-state index contributed by atoms with van der Waals surface area (Å²) < 4.78 is 0. The molecule has 0 aliphatic heterocycles. The standard InChI is InChI=1S/C12H20BNO.3C2H6/c1-9-8-12(3,13)7-5-6-11(9)14(4)10(2)15;3*1-2/h5-8H2,1-4H3;3*1-2H3. The molecular formula is C18H38BNO. The molecule has 3 heteroatoms. The Morgan fingerprint density at radius 2 is 1.57 bits per heavy atom. The number of rotatable bonds is 1. The average Bonchev–Trinajstić information content (AvgIpc) is 2.61. The number of hydrogen-bond donors (Lipinski definition) is 0. The smallest absolute Gasteiger partial charge is 0.223 e. The lowest BCUT2D eigenvalue weighted by Crippen LogP contribution is -2.24. The molecule has 0 heterocycles. The van der Waals surface area contributed by atoms with E-state index < -0.39 is 0 Å². The van der Waals surface area contributed by atoms with Gasteiger partial charge in [-0.1, -0.05) is 65.8 Å². The number of carbonyl (C=O) groups excluding carboxylic acids is 1. The summed E-state index contributed by atoms with van der Waals surface area (Å²) in [6, 6.07) is 0. The largest absolute Gasteiger partial charge is 0.320 e. The molecule has 0 fully saturated rings. The average molecular weight is 295 g/mol. The maximum absolute atomic E-state index is 11.3. The van der Waals surface area contributed by atoms with Crippen molar-refractivity contribution < 1.29 is 4.79 Å². The first-order valence-electron chi connectivity index (χ1n) is 8.55. The first-order valence-corrected chi connectivity index (χ1v) is 8.55. The van der Waals surface area contributed by atoms with Gasteiger partial charge in [0, 0.05) is 19.7 Å². The molecule has 1 aliphatic carbocycles. The first-order chi connectivity index (χ1) is 9.83. The molecule has 0 aromatic heterocycles. The summed E-state index contributed by atoms with van der Waals surface area (Å²) in [4.78, 5) is 13.1. The van der Waals surface area contributed by atoms with Crippen molar-refractivity contribution in [3.8, 4) is 0 Å². The monoisotopic (exact) mass is 295 g/mol. The predicted molar refractivity (Wildman–Crippen MR) is 97.8 cm³/mol. The van der Waals surface area contributed by atoms with Crippen molar-refractivity contribution in [1.29, 1.82) is 0 Å². The van der Waals surface area contributed by atoms with Gasteiger partial charge in [0.2, 0.25) is 5.91 Å². The molecule has 2 nitrogen and oxygen atoms in total. The van der Waals surface area contributed by atoms with Gasteiger partial charge in [0.05, 0.1) is 7.85 Å². The van der Waals surface area contributed by atoms with E-state index in [2.05, 4.69) is 13.8 Å². The van der Waals surface area contributed by atoms with E-state index in [-0.39, 0.29) is 11.2 Å². The Labute approximate surface area is 135 Å². The predicted octanol–water partition coefficient (Wildman–Crippen LogP) is 5.74. The van der Waals surface area contributed by atoms with Gasteiger partial charge < -0.3 is 4.90 Å². The molecule has 0 bridgehead atoms. The van der Waals surface area contributed by atoms with E-state index in [0.29, 0.717) is 0 Å². The van der Waals surface area contributed by atoms with E-state index in [0.717, 1.165) is 31.4 Å². The molecule has 1 aliphatic rings. The molecule has 0 spiro atoms. The maximum Gasteiger partial charge on any atom is 0.223 e. The minimum atomic E-state index is -0.108. The van der Waals surface area contributed by atoms with Crippen molar-refractivity contribution in [2.75, 3.05) is 7.05 Å². The topological polar surface area (TPSA) is 20.3 Å². The highest BCUT2D eigenvalue weighted by Crippen LogP contribution is 2.40. The fraction of sp³-hybridized carbons (Fsp3) is 0.833. The van der Waals surface area contributed by atoms with E-state index in [1.54, 1.807) is 11.8 Å². The van der Waals surface area contributed by atoms with Gasteiger partial charge in [0.25, 0.3) is 0 Å². The van der Waals surface area contributed by atoms with Crippen LogP contribution in [-0.2, 0) is 4.79 Å². The number of carbonyl (C=O) groups is 1. The Morgan fingerprint density at radius 1 is 1.14 bits per heavy atom. The molecule has 1 rings (SSSR count). The van der Waals surface area contributed by atoms with Gasteiger partial charge in [-0.05, 0) is 26.2 Å². The summed E-state index contributed by atoms with van der Waals surface area (Å²) in [5, 5.41) is -0.108. The molecule has 0 saturated carbocycles. The Kier molecular flexibility index (Phi) is 17.1. The molecule has 124 valence electrons. The van der Waals surface area contributed by atoms with E-state index in [4.69, 9.17) is 7.85 Å². The number of amides is 1. The minimum absolute atomic E-state index is 0.102. The Morgan fingerprint density at radius 3 is 1.95 bits per heavy atom. The van der Waals surface area contributed by atoms with Crippen LogP contribution in [0.4, 0.5) is 0 Å². The number of allylic oxidation sites excluding steroid dienone is 2. The second-order valence-electron chi connectivity index (χ2n) is 4.99. The van der Waals surface area contributed by atoms with Gasteiger partial charge in [-0.2, -0.15) is 0 Å². The lowest BCUT2D eigenvalue weighted by Gasteiger charge is -2.24. The van der Waals surface area contributed by atoms with E-state index in [9.17, 15) is 4.79 Å². The third kappa shape index (κ3) is 10.6. The summed E-state index contributed by atoms with van der Waals surface area (Å²) in [7, 11) is 8.02. The van der Waals surface area contributed by atoms with Crippen molar-refractivity contribution >= 4 is 13.8 Å². The van der Waals surface area contributed by atoms with Gasteiger partial charge in [0.1, 0.15) is 0 Å². The molecule has 0 saturated heterocycles. The second kappa shape index (κ2) is 14.2. The summed E-state index contributed by atoms with van der Waals surface area (Å²) in [5.74, 6) is 0.102. The van der Waals surface area contributed by atoms with Crippen LogP contribution >= 0.6 is 0 Å². The Balaban J connectivity index is -0.000000478. The highest BCUT2D eigenvalue weighted by molar-refractivity contribution is 6.15. The molecule has 2 radical (unpaired) electrons. The third-order valence-corrected chi connectivity index (χ3v) is 3.20. The lowest BCUT2D eigenvalue weighted by molar-refractivity contribution is -0.126. The number of nitrogens with zero attached hydrogens (tertiary/aromatic N) is 1. The van der Waals surface area contributed by atoms with Crippen LogP contribution in [-0.4, -0.2) is 25.7 Å². The van der Waals surface area contributed by atoms with Crippen LogP contribution in [0.1, 0.15) is 88.0 Å². The van der Waals surface area contributed by atoms with Crippen LogP contribution in [0.25, 0.3) is 0 Å². The summed E-state index contributed by atoms with van der Waals surface area (Å²) >= 11 is 0. The van der Waals surface area contributed by atoms with Gasteiger partial charge in [-0.25, -0.2) is 0 Å². The Bertz CT molecular complexity index is 296. The van der Waals surface area contributed by atoms with E-state index in [1.165, 1.54) is 5.57 Å². The van der Waals surface area contributed by atoms with Gasteiger partial charge in [-0.3, -0.25) is 4.79 Å². The molecule has 1 amide bonds. The fourth-order valence-corrected chi connectivity index (χ4v) is 2.31. The minimum Gasteiger partial charge on any atom is -0.320 e. The maximum atomic E-state index is 11.3. The summed E-state index contributed by atoms with van der Waals surface area (Å²) in [6.45, 7) is 17.8. The van der Waals surface area contributed by atoms with E-state index in [1.807, 2.05) is 48.6 Å². The molecule has 1 atom stereocenters. The van der Waals surface area contributed by atoms with Crippen molar-refractivity contribution in [2.24, 2.45) is 0 Å². The van der Waals surface area contributed by atoms with Crippen molar-refractivity contribution in [2.45, 2.75) is 93.3 Å². The molecule has 21 heavy (non-hydrogen) atoms. The van der Waals surface area contributed by atoms with Gasteiger partial charge in [0.15, 0.2) is 0 Å². The van der Waals surface area contributed by atoms with Gasteiger partial charge >= 0.3 is 0 Å². The zero-order valence-corrected chi connectivity index (χ0v) is 16.3. The molecular weight excluding hydrogens is 257 g/mol. The number of hydrogen-bond acceptors (Lipinski definition) is 1. The van der Waals surface area contributed by atoms with Crippen LogP contribution in [0.3, 0.4) is 0 Å². The zero-order valence-electron chi connectivity index (χ0n) is 16.3. The van der Waals surface area contributed by atoms with Crippen LogP contribution in [0.15, 0.2) is 11.3 Å². The normalized spacial score (nSPS) is 20.5. The van der Waals surface area contributed by atoms with Crippen molar-refractivity contribution in [3.63, 3.8) is 0 Å². The van der Waals surface area contributed by atoms with Crippen LogP contribution in [0, 0.1) is 0 Å². The highest BCUT2D eigenvalue weighted by Gasteiger charge is 2.24. The summed E-state index contributed by atoms with van der Waals surface area (Å²) in [6.07, 6.45) is 3.95. The van der Waals surface area contributed by atoms with E-state index >= 15 is 0 Å². The lowest BCUT2D eigenvalue weighted by atomic mass is 9.65. The van der Waals surface area contributed by atoms with Crippen molar-refractivity contribution in [1.82, 2.24) is 4.90 Å². The molecule has 1 unspecified atom stereocenters. The summed E-state index contributed by atoms with van der Waals surface area (Å²) in [5.41, 5.74) is 2.42. The van der Waals surface area contributed by atoms with Gasteiger partial charge in [-0.15, -0.1) is 0 Å². The molecule has 0 aromatic carbocycles. The molecule has 0 N–H and O–H groups in total. The quantitative estimate of drug-likeness (QED) is 0.565. The zero-order chi connectivity index (χ0) is 17.6. The second-order valence-corrected chi connectivity index (χ2v) is 4.99. The van der Waals surface area contributed by atoms with Crippen molar-refractivity contribution in [3.05, 3.63) is 11.3 Å². The Hall–Kier alpha value is -0.725. The van der Waals surface area contributed by atoms with Crippen LogP contribution in [0.2, 0.25) is 5.31 Å².